The van der Waals surface area contributed by atoms with Crippen LogP contribution < -0.4 is 10.6 Å². The highest BCUT2D eigenvalue weighted by atomic mass is 16.5. The molecule has 3 N–H and O–H groups in total. The van der Waals surface area contributed by atoms with Gasteiger partial charge < -0.3 is 25.4 Å². The summed E-state index contributed by atoms with van der Waals surface area (Å²) in [7, 11) is 1.65. The van der Waals surface area contributed by atoms with Gasteiger partial charge in [-0.15, -0.1) is 0 Å². The maximum atomic E-state index is 11.9. The van der Waals surface area contributed by atoms with Crippen molar-refractivity contribution >= 4 is 12.1 Å². The van der Waals surface area contributed by atoms with Crippen LogP contribution in [0.5, 0.6) is 0 Å². The highest BCUT2D eigenvalue weighted by Crippen LogP contribution is 2.19. The van der Waals surface area contributed by atoms with Gasteiger partial charge in [-0.2, -0.15) is 0 Å². The Morgan fingerprint density at radius 3 is 2.32 bits per heavy atom. The molecule has 0 atom stereocenters. The van der Waals surface area contributed by atoms with Gasteiger partial charge in [0.2, 0.25) is 0 Å². The van der Waals surface area contributed by atoms with Crippen molar-refractivity contribution in [2.24, 2.45) is 0 Å². The molecule has 0 saturated heterocycles. The van der Waals surface area contributed by atoms with Crippen molar-refractivity contribution in [1.29, 1.82) is 0 Å². The summed E-state index contributed by atoms with van der Waals surface area (Å²) in [5.74, 6) is 0. The maximum absolute atomic E-state index is 11.9. The van der Waals surface area contributed by atoms with E-state index in [0.717, 1.165) is 31.2 Å². The normalized spacial score (nSPS) is 19.8. The standard InChI is InChI=1S/C18H27N3O4/c1-21(11-12-22)17(23)19-15-7-9-16(10-8-15)20-18(24)25-13-14-5-3-2-4-6-14/h2-6,15-16,22H,7-13H2,1H3,(H,19,23)(H,20,24)/t15-,16-. The number of urea groups is 1. The minimum absolute atomic E-state index is 0.0499. The molecule has 138 valence electrons. The number of amides is 3. The number of likely N-dealkylation sites (N-methyl/N-ethyl adjacent to an activating group) is 1. The zero-order chi connectivity index (χ0) is 18.1. The monoisotopic (exact) mass is 349 g/mol. The molecular weight excluding hydrogens is 322 g/mol. The average Bonchev–Trinajstić information content (AvgIpc) is 2.62. The Kier molecular flexibility index (Phi) is 7.53. The number of carbonyl (C=O) groups is 2. The molecule has 0 radical (unpaired) electrons. The lowest BCUT2D eigenvalue weighted by Gasteiger charge is -2.30. The first-order valence-electron chi connectivity index (χ1n) is 8.68. The lowest BCUT2D eigenvalue weighted by molar-refractivity contribution is 0.131. The molecule has 25 heavy (non-hydrogen) atoms. The quantitative estimate of drug-likeness (QED) is 0.731. The van der Waals surface area contributed by atoms with Gasteiger partial charge in [0.25, 0.3) is 0 Å². The number of aliphatic hydroxyl groups is 1. The van der Waals surface area contributed by atoms with E-state index >= 15 is 0 Å². The van der Waals surface area contributed by atoms with Crippen molar-refractivity contribution in [2.45, 2.75) is 44.4 Å². The molecule has 0 aromatic heterocycles. The van der Waals surface area contributed by atoms with Crippen molar-refractivity contribution in [3.05, 3.63) is 35.9 Å². The van der Waals surface area contributed by atoms with E-state index in [0.29, 0.717) is 6.54 Å². The highest BCUT2D eigenvalue weighted by molar-refractivity contribution is 5.74. The van der Waals surface area contributed by atoms with Crippen LogP contribution in [0, 0.1) is 0 Å². The molecule has 0 spiro atoms. The van der Waals surface area contributed by atoms with E-state index in [4.69, 9.17) is 9.84 Å². The SMILES string of the molecule is CN(CCO)C(=O)N[C@H]1CC[C@H](NC(=O)OCc2ccccc2)CC1. The molecule has 1 saturated carbocycles. The number of benzene rings is 1. The van der Waals surface area contributed by atoms with Gasteiger partial charge in [0, 0.05) is 25.7 Å². The van der Waals surface area contributed by atoms with Crippen LogP contribution in [-0.2, 0) is 11.3 Å². The lowest BCUT2D eigenvalue weighted by Crippen LogP contribution is -2.47. The summed E-state index contributed by atoms with van der Waals surface area (Å²) in [6.07, 6.45) is 2.81. The van der Waals surface area contributed by atoms with E-state index in [1.807, 2.05) is 30.3 Å². The number of rotatable bonds is 6. The van der Waals surface area contributed by atoms with Crippen molar-refractivity contribution in [3.63, 3.8) is 0 Å². The fourth-order valence-electron chi connectivity index (χ4n) is 2.85. The third kappa shape index (κ3) is 6.62. The van der Waals surface area contributed by atoms with E-state index in [1.165, 1.54) is 4.90 Å². The molecule has 0 bridgehead atoms. The summed E-state index contributed by atoms with van der Waals surface area (Å²) in [5, 5.41) is 14.7. The van der Waals surface area contributed by atoms with E-state index in [-0.39, 0.29) is 31.3 Å². The summed E-state index contributed by atoms with van der Waals surface area (Å²) in [5.41, 5.74) is 0.955. The molecule has 0 unspecified atom stereocenters. The van der Waals surface area contributed by atoms with Crippen LogP contribution in [0.1, 0.15) is 31.2 Å². The van der Waals surface area contributed by atoms with Crippen LogP contribution in [0.2, 0.25) is 0 Å². The number of alkyl carbamates (subject to hydrolysis) is 1. The Bertz CT molecular complexity index is 545. The Hall–Kier alpha value is -2.28. The van der Waals surface area contributed by atoms with Crippen LogP contribution in [0.25, 0.3) is 0 Å². The molecule has 1 fully saturated rings. The molecule has 3 amide bonds. The molecule has 1 aromatic carbocycles. The molecule has 0 heterocycles. The van der Waals surface area contributed by atoms with Gasteiger partial charge in [-0.25, -0.2) is 9.59 Å². The zero-order valence-electron chi connectivity index (χ0n) is 14.6. The average molecular weight is 349 g/mol. The Morgan fingerprint density at radius 2 is 1.72 bits per heavy atom. The summed E-state index contributed by atoms with van der Waals surface area (Å²) in [6.45, 7) is 0.525. The maximum Gasteiger partial charge on any atom is 0.407 e. The zero-order valence-corrected chi connectivity index (χ0v) is 14.6. The van der Waals surface area contributed by atoms with Crippen molar-refractivity contribution in [3.8, 4) is 0 Å². The number of hydrogen-bond donors (Lipinski definition) is 3. The predicted molar refractivity (Wildman–Crippen MR) is 94.1 cm³/mol. The topological polar surface area (TPSA) is 90.9 Å². The van der Waals surface area contributed by atoms with E-state index in [2.05, 4.69) is 10.6 Å². The second-order valence-electron chi connectivity index (χ2n) is 6.35. The third-order valence-corrected chi connectivity index (χ3v) is 4.37. The minimum atomic E-state index is -0.404. The molecule has 7 nitrogen and oxygen atoms in total. The van der Waals surface area contributed by atoms with Gasteiger partial charge in [-0.05, 0) is 31.2 Å². The third-order valence-electron chi connectivity index (χ3n) is 4.37. The Morgan fingerprint density at radius 1 is 1.12 bits per heavy atom. The first-order valence-corrected chi connectivity index (χ1v) is 8.68. The van der Waals surface area contributed by atoms with Crippen molar-refractivity contribution in [1.82, 2.24) is 15.5 Å². The van der Waals surface area contributed by atoms with Crippen LogP contribution in [0.3, 0.4) is 0 Å². The molecule has 1 aliphatic carbocycles. The van der Waals surface area contributed by atoms with E-state index < -0.39 is 6.09 Å². The minimum Gasteiger partial charge on any atom is -0.445 e. The Balaban J connectivity index is 1.64. The first kappa shape index (κ1) is 19.1. The van der Waals surface area contributed by atoms with Crippen molar-refractivity contribution in [2.75, 3.05) is 20.2 Å². The number of nitrogens with zero attached hydrogens (tertiary/aromatic N) is 1. The molecule has 0 aliphatic heterocycles. The van der Waals surface area contributed by atoms with E-state index in [1.54, 1.807) is 7.05 Å². The van der Waals surface area contributed by atoms with Gasteiger partial charge in [0.05, 0.1) is 6.61 Å². The number of hydrogen-bond acceptors (Lipinski definition) is 4. The predicted octanol–water partition coefficient (Wildman–Crippen LogP) is 1.86. The van der Waals surface area contributed by atoms with Crippen LogP contribution in [0.4, 0.5) is 9.59 Å². The van der Waals surface area contributed by atoms with Gasteiger partial charge in [-0.1, -0.05) is 30.3 Å². The number of ether oxygens (including phenoxy) is 1. The lowest BCUT2D eigenvalue weighted by atomic mass is 9.91. The van der Waals surface area contributed by atoms with Gasteiger partial charge >= 0.3 is 12.1 Å². The summed E-state index contributed by atoms with van der Waals surface area (Å²) >= 11 is 0. The molecule has 7 heteroatoms. The van der Waals surface area contributed by atoms with Crippen LogP contribution >= 0.6 is 0 Å². The molecular formula is C18H27N3O4. The number of nitrogens with one attached hydrogen (secondary N) is 2. The second kappa shape index (κ2) is 9.88. The van der Waals surface area contributed by atoms with Crippen LogP contribution in [0.15, 0.2) is 30.3 Å². The fourth-order valence-corrected chi connectivity index (χ4v) is 2.85. The highest BCUT2D eigenvalue weighted by Gasteiger charge is 2.24. The van der Waals surface area contributed by atoms with Crippen LogP contribution in [-0.4, -0.2) is 54.4 Å². The second-order valence-corrected chi connectivity index (χ2v) is 6.35. The number of carbonyl (C=O) groups excluding carboxylic acids is 2. The smallest absolute Gasteiger partial charge is 0.407 e. The molecule has 2 rings (SSSR count). The van der Waals surface area contributed by atoms with Gasteiger partial charge in [0.15, 0.2) is 0 Å². The fraction of sp³-hybridized carbons (Fsp3) is 0.556. The number of aliphatic hydroxyl groups excluding tert-OH is 1. The van der Waals surface area contributed by atoms with Crippen molar-refractivity contribution < 1.29 is 19.4 Å². The first-order chi connectivity index (χ1) is 12.1. The summed E-state index contributed by atoms with van der Waals surface area (Å²) < 4.78 is 5.23. The van der Waals surface area contributed by atoms with Gasteiger partial charge in [0.1, 0.15) is 6.61 Å². The van der Waals surface area contributed by atoms with Gasteiger partial charge in [-0.3, -0.25) is 0 Å². The summed E-state index contributed by atoms with van der Waals surface area (Å²) in [6, 6.07) is 9.56. The largest absolute Gasteiger partial charge is 0.445 e. The molecule has 1 aromatic rings. The summed E-state index contributed by atoms with van der Waals surface area (Å²) in [4.78, 5) is 25.2. The van der Waals surface area contributed by atoms with E-state index in [9.17, 15) is 9.59 Å². The Labute approximate surface area is 148 Å². The molecule has 1 aliphatic rings.